The molecule has 1 radical (unpaired) electrons. The molecule has 0 saturated carbocycles. The Morgan fingerprint density at radius 3 is 1.09 bits per heavy atom. The van der Waals surface area contributed by atoms with E-state index in [9.17, 15) is 5.11 Å². The molecule has 0 fully saturated rings. The number of rotatable bonds is 8. The Kier molecular flexibility index (Phi) is 9.79. The molecule has 2 nitrogen and oxygen atoms in total. The summed E-state index contributed by atoms with van der Waals surface area (Å²) in [5, 5.41) is 14.3. The zero-order valence-corrected chi connectivity index (χ0v) is 28.7. The first-order chi connectivity index (χ1) is 20.9. The largest absolute Gasteiger partial charge is 0.375 e. The van der Waals surface area contributed by atoms with Crippen molar-refractivity contribution >= 4 is 41.0 Å². The van der Waals surface area contributed by atoms with Crippen molar-refractivity contribution in [1.29, 1.82) is 0 Å². The number of hydrogen-bond donors (Lipinski definition) is 1. The SMILES string of the molecule is O=P(c1ccccc1)(c1ccccc1)C(O)(c1ccc(Cl)cc1)C(c1ccccc1)(c1ccccc1)c1ccc(Cl)cc1.[Re]. The topological polar surface area (TPSA) is 37.3 Å². The molecule has 6 aromatic rings. The number of aliphatic hydroxyl groups is 1. The normalized spacial score (nSPS) is 13.0. The summed E-state index contributed by atoms with van der Waals surface area (Å²) in [6, 6.07) is 52.8. The Bertz CT molecular complexity index is 1770. The first kappa shape index (κ1) is 32.2. The molecule has 0 heterocycles. The summed E-state index contributed by atoms with van der Waals surface area (Å²) in [7, 11) is -4.03. The molecule has 0 amide bonds. The van der Waals surface area contributed by atoms with Crippen molar-refractivity contribution in [2.45, 2.75) is 10.8 Å². The molecule has 0 saturated heterocycles. The van der Waals surface area contributed by atoms with Gasteiger partial charge in [-0.25, -0.2) is 0 Å². The van der Waals surface area contributed by atoms with Gasteiger partial charge in [-0.05, 0) is 46.5 Å². The maximum absolute atomic E-state index is 16.6. The zero-order chi connectivity index (χ0) is 29.9. The van der Waals surface area contributed by atoms with E-state index in [0.29, 0.717) is 26.2 Å². The van der Waals surface area contributed by atoms with E-state index in [1.807, 2.05) is 146 Å². The molecule has 6 heteroatoms. The van der Waals surface area contributed by atoms with Gasteiger partial charge in [-0.3, -0.25) is 0 Å². The van der Waals surface area contributed by atoms with Gasteiger partial charge in [0.05, 0.1) is 5.41 Å². The predicted octanol–water partition coefficient (Wildman–Crippen LogP) is 9.18. The minimum absolute atomic E-state index is 0. The molecule has 1 atom stereocenters. The molecule has 44 heavy (non-hydrogen) atoms. The Hall–Kier alpha value is -3.25. The maximum atomic E-state index is 16.6. The van der Waals surface area contributed by atoms with Gasteiger partial charge in [0, 0.05) is 41.1 Å². The molecule has 6 rings (SSSR count). The van der Waals surface area contributed by atoms with Gasteiger partial charge in [0.1, 0.15) is 0 Å². The van der Waals surface area contributed by atoms with E-state index in [-0.39, 0.29) is 20.4 Å². The molecule has 0 aromatic heterocycles. The minimum atomic E-state index is -4.03. The van der Waals surface area contributed by atoms with E-state index in [1.165, 1.54) is 0 Å². The van der Waals surface area contributed by atoms with Crippen molar-refractivity contribution in [2.75, 3.05) is 0 Å². The molecular weight excluding hydrogens is 777 g/mol. The summed E-state index contributed by atoms with van der Waals surface area (Å²) in [6.07, 6.45) is 0. The van der Waals surface area contributed by atoms with Crippen LogP contribution in [0.15, 0.2) is 170 Å². The van der Waals surface area contributed by atoms with Crippen LogP contribution >= 0.6 is 30.3 Å². The second kappa shape index (κ2) is 13.4. The Morgan fingerprint density at radius 1 is 0.432 bits per heavy atom. The number of hydrogen-bond acceptors (Lipinski definition) is 2. The van der Waals surface area contributed by atoms with Crippen LogP contribution in [0.2, 0.25) is 10.0 Å². The summed E-state index contributed by atoms with van der Waals surface area (Å²) >= 11 is 12.9. The van der Waals surface area contributed by atoms with E-state index in [1.54, 1.807) is 24.3 Å². The molecule has 0 spiro atoms. The van der Waals surface area contributed by atoms with Crippen LogP contribution in [0.1, 0.15) is 22.3 Å². The van der Waals surface area contributed by atoms with Crippen LogP contribution in [0.3, 0.4) is 0 Å². The van der Waals surface area contributed by atoms with E-state index in [2.05, 4.69) is 0 Å². The van der Waals surface area contributed by atoms with Gasteiger partial charge in [-0.1, -0.05) is 169 Å². The summed E-state index contributed by atoms with van der Waals surface area (Å²) in [4.78, 5) is 0. The van der Waals surface area contributed by atoms with Crippen molar-refractivity contribution in [3.8, 4) is 0 Å². The monoisotopic (exact) mass is 805 g/mol. The maximum Gasteiger partial charge on any atom is 0.179 e. The molecule has 219 valence electrons. The quantitative estimate of drug-likeness (QED) is 0.123. The summed E-state index contributed by atoms with van der Waals surface area (Å²) in [6.45, 7) is 0. The van der Waals surface area contributed by atoms with Gasteiger partial charge in [0.15, 0.2) is 12.5 Å². The van der Waals surface area contributed by atoms with Crippen molar-refractivity contribution in [2.24, 2.45) is 0 Å². The average Bonchev–Trinajstić information content (AvgIpc) is 3.07. The Labute approximate surface area is 282 Å². The molecule has 1 N–H and O–H groups in total. The zero-order valence-electron chi connectivity index (χ0n) is 23.6. The van der Waals surface area contributed by atoms with E-state index in [0.717, 1.165) is 16.7 Å². The average molecular weight is 806 g/mol. The van der Waals surface area contributed by atoms with E-state index < -0.39 is 17.9 Å². The van der Waals surface area contributed by atoms with Crippen molar-refractivity contribution in [3.05, 3.63) is 202 Å². The molecule has 6 aromatic carbocycles. The third-order valence-corrected chi connectivity index (χ3v) is 12.2. The molecule has 0 bridgehead atoms. The molecule has 0 aliphatic carbocycles. The second-order valence-electron chi connectivity index (χ2n) is 10.4. The van der Waals surface area contributed by atoms with Crippen LogP contribution in [0.5, 0.6) is 0 Å². The van der Waals surface area contributed by atoms with Gasteiger partial charge < -0.3 is 9.67 Å². The van der Waals surface area contributed by atoms with E-state index >= 15 is 4.57 Å². The molecule has 1 unspecified atom stereocenters. The first-order valence-electron chi connectivity index (χ1n) is 14.0. The van der Waals surface area contributed by atoms with Gasteiger partial charge >= 0.3 is 0 Å². The molecule has 0 aliphatic rings. The molecule has 0 aliphatic heterocycles. The van der Waals surface area contributed by atoms with Crippen LogP contribution in [0, 0.1) is 0 Å². The smallest absolute Gasteiger partial charge is 0.179 e. The fourth-order valence-corrected chi connectivity index (χ4v) is 10.1. The fourth-order valence-electron chi connectivity index (χ4n) is 6.30. The summed E-state index contributed by atoms with van der Waals surface area (Å²) < 4.78 is 16.6. The first-order valence-corrected chi connectivity index (χ1v) is 16.5. The van der Waals surface area contributed by atoms with Crippen LogP contribution in [0.25, 0.3) is 0 Å². The van der Waals surface area contributed by atoms with Crippen LogP contribution in [-0.4, -0.2) is 5.11 Å². The minimum Gasteiger partial charge on any atom is -0.375 e. The Morgan fingerprint density at radius 2 is 0.727 bits per heavy atom. The van der Waals surface area contributed by atoms with Gasteiger partial charge in [0.2, 0.25) is 0 Å². The van der Waals surface area contributed by atoms with Crippen molar-refractivity contribution in [3.63, 3.8) is 0 Å². The summed E-state index contributed by atoms with van der Waals surface area (Å²) in [5.41, 5.74) is 1.35. The van der Waals surface area contributed by atoms with Crippen LogP contribution in [0.4, 0.5) is 0 Å². The van der Waals surface area contributed by atoms with Gasteiger partial charge in [-0.15, -0.1) is 0 Å². The number of benzene rings is 6. The third kappa shape index (κ3) is 5.23. The predicted molar refractivity (Wildman–Crippen MR) is 179 cm³/mol. The van der Waals surface area contributed by atoms with E-state index in [4.69, 9.17) is 23.2 Å². The second-order valence-corrected chi connectivity index (χ2v) is 14.2. The van der Waals surface area contributed by atoms with Crippen LogP contribution in [-0.2, 0) is 35.7 Å². The molecular formula is C38H29Cl2O2PRe. The Balaban J connectivity index is 0.00000384. The van der Waals surface area contributed by atoms with Crippen molar-refractivity contribution < 1.29 is 30.1 Å². The van der Waals surface area contributed by atoms with Crippen molar-refractivity contribution in [1.82, 2.24) is 0 Å². The third-order valence-electron chi connectivity index (χ3n) is 8.16. The fraction of sp³-hybridized carbons (Fsp3) is 0.0526. The number of halogens is 2. The van der Waals surface area contributed by atoms with Crippen LogP contribution < -0.4 is 10.6 Å². The summed E-state index contributed by atoms with van der Waals surface area (Å²) in [5.74, 6) is 0. The van der Waals surface area contributed by atoms with Gasteiger partial charge in [0.25, 0.3) is 0 Å². The standard InChI is InChI=1S/C38H29Cl2O2P.Re/c39-33-25-21-31(22-26-33)37(29-13-5-1-6-14-29,30-15-7-2-8-16-30)38(41,32-23-27-34(40)28-24-32)43(42,35-17-9-3-10-18-35)36-19-11-4-12-20-36;/h1-28,41H;. The van der Waals surface area contributed by atoms with Gasteiger partial charge in [-0.2, -0.15) is 0 Å².